The molecule has 6 heteroatoms. The number of hydrogen-bond donors (Lipinski definition) is 3. The first kappa shape index (κ1) is 18.5. The summed E-state index contributed by atoms with van der Waals surface area (Å²) in [5.41, 5.74) is 7.53. The third-order valence-electron chi connectivity index (χ3n) is 4.31. The molecule has 132 valence electrons. The minimum Gasteiger partial charge on any atom is -0.484 e. The van der Waals surface area contributed by atoms with E-state index < -0.39 is 0 Å². The first-order valence-electron chi connectivity index (χ1n) is 8.50. The normalized spacial score (nSPS) is 20.1. The van der Waals surface area contributed by atoms with Gasteiger partial charge < -0.3 is 10.1 Å². The fourth-order valence-corrected chi connectivity index (χ4v) is 3.27. The van der Waals surface area contributed by atoms with Gasteiger partial charge in [-0.25, -0.2) is 0 Å². The highest BCUT2D eigenvalue weighted by molar-refractivity contribution is 7.80. The molecule has 1 fully saturated rings. The van der Waals surface area contributed by atoms with E-state index in [4.69, 9.17) is 17.0 Å². The van der Waals surface area contributed by atoms with E-state index in [0.29, 0.717) is 22.8 Å². The van der Waals surface area contributed by atoms with Gasteiger partial charge in [-0.05, 0) is 68.1 Å². The van der Waals surface area contributed by atoms with Gasteiger partial charge in [0.1, 0.15) is 5.75 Å². The van der Waals surface area contributed by atoms with Crippen LogP contribution in [0.3, 0.4) is 0 Å². The van der Waals surface area contributed by atoms with Gasteiger partial charge in [-0.3, -0.25) is 15.6 Å². The lowest BCUT2D eigenvalue weighted by atomic mass is 9.86. The van der Waals surface area contributed by atoms with Gasteiger partial charge in [-0.15, -0.1) is 0 Å². The van der Waals surface area contributed by atoms with Crippen molar-refractivity contribution in [3.8, 4) is 5.75 Å². The molecule has 0 radical (unpaired) electrons. The first-order valence-corrected chi connectivity index (χ1v) is 8.91. The van der Waals surface area contributed by atoms with Gasteiger partial charge in [-0.1, -0.05) is 25.8 Å². The Morgan fingerprint density at radius 2 is 1.83 bits per heavy atom. The van der Waals surface area contributed by atoms with Crippen molar-refractivity contribution < 1.29 is 9.53 Å². The van der Waals surface area contributed by atoms with Crippen molar-refractivity contribution in [2.24, 2.45) is 5.92 Å². The lowest BCUT2D eigenvalue weighted by molar-refractivity contribution is -0.123. The van der Waals surface area contributed by atoms with Gasteiger partial charge in [0, 0.05) is 6.04 Å². The van der Waals surface area contributed by atoms with Crippen LogP contribution in [0.5, 0.6) is 5.75 Å². The summed E-state index contributed by atoms with van der Waals surface area (Å²) in [7, 11) is 0. The van der Waals surface area contributed by atoms with E-state index >= 15 is 0 Å². The first-order chi connectivity index (χ1) is 11.4. The summed E-state index contributed by atoms with van der Waals surface area (Å²) in [4.78, 5) is 11.9. The number of ether oxygens (including phenoxy) is 1. The molecule has 1 aliphatic rings. The molecule has 0 unspecified atom stereocenters. The van der Waals surface area contributed by atoms with Crippen LogP contribution in [0.25, 0.3) is 0 Å². The van der Waals surface area contributed by atoms with E-state index in [0.717, 1.165) is 17.5 Å². The Kier molecular flexibility index (Phi) is 6.85. The average molecular weight is 350 g/mol. The number of rotatable bonds is 4. The Bertz CT molecular complexity index is 571. The Labute approximate surface area is 149 Å². The van der Waals surface area contributed by atoms with Crippen LogP contribution in [0, 0.1) is 19.8 Å². The fourth-order valence-electron chi connectivity index (χ4n) is 3.06. The molecule has 24 heavy (non-hydrogen) atoms. The van der Waals surface area contributed by atoms with Crippen molar-refractivity contribution in [2.45, 2.75) is 52.5 Å². The lowest BCUT2D eigenvalue weighted by Gasteiger charge is -2.30. The SMILES string of the molecule is Cc1cc(C)cc(OCC(=O)NNC(=S)N[C@H]2CCCC[C@H]2C)c1. The molecule has 0 aliphatic heterocycles. The molecular formula is C18H27N3O2S. The van der Waals surface area contributed by atoms with Gasteiger partial charge in [0.2, 0.25) is 0 Å². The molecule has 2 rings (SSSR count). The van der Waals surface area contributed by atoms with E-state index in [1.165, 1.54) is 19.3 Å². The van der Waals surface area contributed by atoms with Crippen LogP contribution in [0.1, 0.15) is 43.7 Å². The number of carbonyl (C=O) groups excluding carboxylic acids is 1. The molecule has 0 saturated heterocycles. The maximum Gasteiger partial charge on any atom is 0.276 e. The maximum atomic E-state index is 11.9. The zero-order chi connectivity index (χ0) is 17.5. The number of hydrogen-bond acceptors (Lipinski definition) is 3. The molecule has 3 N–H and O–H groups in total. The Hall–Kier alpha value is -1.82. The highest BCUT2D eigenvalue weighted by atomic mass is 32.1. The lowest BCUT2D eigenvalue weighted by Crippen LogP contribution is -2.52. The fraction of sp³-hybridized carbons (Fsp3) is 0.556. The van der Waals surface area contributed by atoms with Gasteiger partial charge in [0.25, 0.3) is 5.91 Å². The molecule has 5 nitrogen and oxygen atoms in total. The minimum atomic E-state index is -0.269. The summed E-state index contributed by atoms with van der Waals surface area (Å²) < 4.78 is 5.51. The van der Waals surface area contributed by atoms with E-state index in [1.54, 1.807) is 0 Å². The summed E-state index contributed by atoms with van der Waals surface area (Å²) in [5.74, 6) is 1.02. The molecule has 1 aromatic carbocycles. The van der Waals surface area contributed by atoms with Crippen LogP contribution >= 0.6 is 12.2 Å². The monoisotopic (exact) mass is 349 g/mol. The number of thiocarbonyl (C=S) groups is 1. The molecule has 0 heterocycles. The van der Waals surface area contributed by atoms with Crippen molar-refractivity contribution in [2.75, 3.05) is 6.61 Å². The maximum absolute atomic E-state index is 11.9. The Morgan fingerprint density at radius 1 is 1.17 bits per heavy atom. The molecule has 0 aromatic heterocycles. The van der Waals surface area contributed by atoms with Crippen molar-refractivity contribution in [3.05, 3.63) is 29.3 Å². The predicted molar refractivity (Wildman–Crippen MR) is 99.8 cm³/mol. The second-order valence-electron chi connectivity index (χ2n) is 6.63. The van der Waals surface area contributed by atoms with E-state index in [2.05, 4.69) is 29.2 Å². The zero-order valence-corrected chi connectivity index (χ0v) is 15.5. The Balaban J connectivity index is 1.69. The number of hydrazine groups is 1. The standard InChI is InChI=1S/C18H27N3O2S/c1-12-8-13(2)10-15(9-12)23-11-17(22)20-21-18(24)19-16-7-5-4-6-14(16)3/h8-10,14,16H,4-7,11H2,1-3H3,(H,20,22)(H2,19,21,24)/t14-,16+/m1/s1. The van der Waals surface area contributed by atoms with E-state index in [9.17, 15) is 4.79 Å². The van der Waals surface area contributed by atoms with Crippen molar-refractivity contribution >= 4 is 23.2 Å². The quantitative estimate of drug-likeness (QED) is 0.576. The van der Waals surface area contributed by atoms with Crippen molar-refractivity contribution in [1.29, 1.82) is 0 Å². The Morgan fingerprint density at radius 3 is 2.50 bits per heavy atom. The molecule has 0 spiro atoms. The second-order valence-corrected chi connectivity index (χ2v) is 7.04. The van der Waals surface area contributed by atoms with Crippen molar-refractivity contribution in [3.63, 3.8) is 0 Å². The minimum absolute atomic E-state index is 0.0572. The summed E-state index contributed by atoms with van der Waals surface area (Å²) in [6.07, 6.45) is 4.84. The number of amides is 1. The predicted octanol–water partition coefficient (Wildman–Crippen LogP) is 2.76. The van der Waals surface area contributed by atoms with Crippen LogP contribution in [0.4, 0.5) is 0 Å². The molecule has 1 amide bonds. The molecule has 0 bridgehead atoms. The highest BCUT2D eigenvalue weighted by Crippen LogP contribution is 2.23. The highest BCUT2D eigenvalue weighted by Gasteiger charge is 2.21. The summed E-state index contributed by atoms with van der Waals surface area (Å²) in [6, 6.07) is 6.25. The topological polar surface area (TPSA) is 62.4 Å². The largest absolute Gasteiger partial charge is 0.484 e. The van der Waals surface area contributed by atoms with Gasteiger partial charge in [0.05, 0.1) is 0 Å². The summed E-state index contributed by atoms with van der Waals surface area (Å²) in [6.45, 7) is 6.17. The number of aryl methyl sites for hydroxylation is 2. The van der Waals surface area contributed by atoms with Crippen LogP contribution in [0.2, 0.25) is 0 Å². The molecule has 1 aliphatic carbocycles. The van der Waals surface area contributed by atoms with E-state index in [1.807, 2.05) is 26.0 Å². The molecule has 1 saturated carbocycles. The zero-order valence-electron chi connectivity index (χ0n) is 14.6. The summed E-state index contributed by atoms with van der Waals surface area (Å²) in [5, 5.41) is 3.73. The van der Waals surface area contributed by atoms with Gasteiger partial charge in [-0.2, -0.15) is 0 Å². The van der Waals surface area contributed by atoms with E-state index in [-0.39, 0.29) is 12.5 Å². The number of benzene rings is 1. The van der Waals surface area contributed by atoms with Gasteiger partial charge in [0.15, 0.2) is 11.7 Å². The van der Waals surface area contributed by atoms with Crippen LogP contribution in [0.15, 0.2) is 18.2 Å². The van der Waals surface area contributed by atoms with Crippen LogP contribution in [-0.4, -0.2) is 23.7 Å². The third-order valence-corrected chi connectivity index (χ3v) is 4.53. The average Bonchev–Trinajstić information content (AvgIpc) is 2.52. The number of carbonyl (C=O) groups is 1. The second kappa shape index (κ2) is 8.87. The molecule has 1 aromatic rings. The molecular weight excluding hydrogens is 322 g/mol. The molecule has 2 atom stereocenters. The third kappa shape index (κ3) is 6.00. The van der Waals surface area contributed by atoms with Crippen LogP contribution in [-0.2, 0) is 4.79 Å². The van der Waals surface area contributed by atoms with Crippen molar-refractivity contribution in [1.82, 2.24) is 16.2 Å². The smallest absolute Gasteiger partial charge is 0.276 e. The summed E-state index contributed by atoms with van der Waals surface area (Å²) >= 11 is 5.24. The number of nitrogens with one attached hydrogen (secondary N) is 3. The van der Waals surface area contributed by atoms with Gasteiger partial charge >= 0.3 is 0 Å². The van der Waals surface area contributed by atoms with Crippen LogP contribution < -0.4 is 20.9 Å².